The number of nitrogens with one attached hydrogen (secondary N) is 1. The molecule has 1 aromatic carbocycles. The molecule has 0 spiro atoms. The number of hydrogen-bond acceptors (Lipinski definition) is 3. The van der Waals surface area contributed by atoms with E-state index in [1.165, 1.54) is 6.42 Å². The fraction of sp³-hybridized carbons (Fsp3) is 0.533. The van der Waals surface area contributed by atoms with Gasteiger partial charge < -0.3 is 15.3 Å². The maximum atomic E-state index is 11.2. The molecule has 0 aromatic heterocycles. The van der Waals surface area contributed by atoms with Crippen molar-refractivity contribution in [3.05, 3.63) is 29.3 Å². The Morgan fingerprint density at radius 2 is 2.32 bits per heavy atom. The van der Waals surface area contributed by atoms with Gasteiger partial charge in [0.05, 0.1) is 5.56 Å². The minimum atomic E-state index is -0.871. The van der Waals surface area contributed by atoms with Gasteiger partial charge in [-0.15, -0.1) is 0 Å². The molecule has 1 aromatic rings. The number of rotatable bonds is 5. The van der Waals surface area contributed by atoms with Gasteiger partial charge in [0.1, 0.15) is 0 Å². The summed E-state index contributed by atoms with van der Waals surface area (Å²) in [6.45, 7) is 8.37. The van der Waals surface area contributed by atoms with Gasteiger partial charge in [-0.05, 0) is 50.0 Å². The second-order valence-corrected chi connectivity index (χ2v) is 5.28. The van der Waals surface area contributed by atoms with Crippen LogP contribution in [0.1, 0.15) is 29.3 Å². The molecule has 4 heteroatoms. The van der Waals surface area contributed by atoms with Gasteiger partial charge in [0, 0.05) is 18.8 Å². The highest BCUT2D eigenvalue weighted by Gasteiger charge is 2.21. The van der Waals surface area contributed by atoms with Gasteiger partial charge in [-0.25, -0.2) is 4.79 Å². The molecule has 0 radical (unpaired) electrons. The number of carbonyl (C=O) groups is 1. The third-order valence-electron chi connectivity index (χ3n) is 3.80. The second-order valence-electron chi connectivity index (χ2n) is 5.28. The smallest absolute Gasteiger partial charge is 0.337 e. The molecular weight excluding hydrogens is 240 g/mol. The highest BCUT2D eigenvalue weighted by Crippen LogP contribution is 2.21. The van der Waals surface area contributed by atoms with Crippen LogP contribution in [0.15, 0.2) is 18.2 Å². The summed E-state index contributed by atoms with van der Waals surface area (Å²) in [5.41, 5.74) is 2.17. The van der Waals surface area contributed by atoms with E-state index < -0.39 is 5.97 Å². The number of likely N-dealkylation sites (tertiary alicyclic amines) is 1. The maximum absolute atomic E-state index is 11.2. The Hall–Kier alpha value is -1.55. The SMILES string of the molecule is CCN1CCC(CNc2cc(C)ccc2C(=O)O)C1. The van der Waals surface area contributed by atoms with E-state index in [1.54, 1.807) is 6.07 Å². The van der Waals surface area contributed by atoms with Crippen LogP contribution in [0, 0.1) is 12.8 Å². The highest BCUT2D eigenvalue weighted by atomic mass is 16.4. The number of aromatic carboxylic acids is 1. The van der Waals surface area contributed by atoms with Crippen LogP contribution in [0.4, 0.5) is 5.69 Å². The molecule has 0 aliphatic carbocycles. The lowest BCUT2D eigenvalue weighted by atomic mass is 10.1. The van der Waals surface area contributed by atoms with Crippen molar-refractivity contribution in [3.63, 3.8) is 0 Å². The van der Waals surface area contributed by atoms with Gasteiger partial charge in [-0.1, -0.05) is 13.0 Å². The van der Waals surface area contributed by atoms with Gasteiger partial charge >= 0.3 is 5.97 Å². The van der Waals surface area contributed by atoms with Crippen molar-refractivity contribution < 1.29 is 9.90 Å². The third-order valence-corrected chi connectivity index (χ3v) is 3.80. The van der Waals surface area contributed by atoms with Crippen molar-refractivity contribution in [2.45, 2.75) is 20.3 Å². The van der Waals surface area contributed by atoms with E-state index in [2.05, 4.69) is 17.1 Å². The van der Waals surface area contributed by atoms with Crippen LogP contribution in [-0.4, -0.2) is 42.2 Å². The number of nitrogens with zero attached hydrogens (tertiary/aromatic N) is 1. The van der Waals surface area contributed by atoms with Gasteiger partial charge in [0.2, 0.25) is 0 Å². The van der Waals surface area contributed by atoms with E-state index in [1.807, 2.05) is 19.1 Å². The van der Waals surface area contributed by atoms with Crippen LogP contribution >= 0.6 is 0 Å². The van der Waals surface area contributed by atoms with Crippen molar-refractivity contribution in [3.8, 4) is 0 Å². The lowest BCUT2D eigenvalue weighted by molar-refractivity contribution is 0.0698. The van der Waals surface area contributed by atoms with Gasteiger partial charge in [0.15, 0.2) is 0 Å². The standard InChI is InChI=1S/C15H22N2O2/c1-3-17-7-6-12(10-17)9-16-14-8-11(2)4-5-13(14)15(18)19/h4-5,8,12,16H,3,6-7,9-10H2,1-2H3,(H,18,19). The number of hydrogen-bond donors (Lipinski definition) is 2. The third kappa shape index (κ3) is 3.47. The van der Waals surface area contributed by atoms with E-state index in [-0.39, 0.29) is 0 Å². The minimum Gasteiger partial charge on any atom is -0.478 e. The molecule has 1 fully saturated rings. The lowest BCUT2D eigenvalue weighted by Crippen LogP contribution is -2.22. The zero-order valence-electron chi connectivity index (χ0n) is 11.6. The average molecular weight is 262 g/mol. The van der Waals surface area contributed by atoms with E-state index in [9.17, 15) is 9.90 Å². The maximum Gasteiger partial charge on any atom is 0.337 e. The molecular formula is C15H22N2O2. The summed E-state index contributed by atoms with van der Waals surface area (Å²) in [7, 11) is 0. The number of carboxylic acids is 1. The summed E-state index contributed by atoms with van der Waals surface area (Å²) in [6.07, 6.45) is 1.19. The van der Waals surface area contributed by atoms with E-state index >= 15 is 0 Å². The molecule has 0 saturated carbocycles. The summed E-state index contributed by atoms with van der Waals surface area (Å²) in [5, 5.41) is 12.5. The predicted octanol–water partition coefficient (Wildman–Crippen LogP) is 2.45. The van der Waals surface area contributed by atoms with Crippen LogP contribution in [0.2, 0.25) is 0 Å². The summed E-state index contributed by atoms with van der Waals surface area (Å²) in [4.78, 5) is 13.6. The second kappa shape index (κ2) is 6.06. The number of carboxylic acid groups (broad SMARTS) is 1. The van der Waals surface area contributed by atoms with Crippen LogP contribution in [0.5, 0.6) is 0 Å². The quantitative estimate of drug-likeness (QED) is 0.856. The number of anilines is 1. The topological polar surface area (TPSA) is 52.6 Å². The monoisotopic (exact) mass is 262 g/mol. The molecule has 0 amide bonds. The normalized spacial score (nSPS) is 19.6. The highest BCUT2D eigenvalue weighted by molar-refractivity contribution is 5.94. The zero-order valence-corrected chi connectivity index (χ0v) is 11.6. The Morgan fingerprint density at radius 1 is 1.53 bits per heavy atom. The molecule has 2 rings (SSSR count). The van der Waals surface area contributed by atoms with E-state index in [4.69, 9.17) is 0 Å². The van der Waals surface area contributed by atoms with Crippen LogP contribution in [0.3, 0.4) is 0 Å². The van der Waals surface area contributed by atoms with Gasteiger partial charge in [0.25, 0.3) is 0 Å². The fourth-order valence-electron chi connectivity index (χ4n) is 2.61. The summed E-state index contributed by atoms with van der Waals surface area (Å²) < 4.78 is 0. The van der Waals surface area contributed by atoms with Crippen LogP contribution in [-0.2, 0) is 0 Å². The largest absolute Gasteiger partial charge is 0.478 e. The molecule has 1 atom stereocenters. The molecule has 4 nitrogen and oxygen atoms in total. The van der Waals surface area contributed by atoms with Crippen molar-refractivity contribution in [1.29, 1.82) is 0 Å². The Kier molecular flexibility index (Phi) is 4.43. The number of aryl methyl sites for hydroxylation is 1. The van der Waals surface area contributed by atoms with Crippen molar-refractivity contribution in [2.75, 3.05) is 31.5 Å². The van der Waals surface area contributed by atoms with Crippen molar-refractivity contribution >= 4 is 11.7 Å². The predicted molar refractivity (Wildman–Crippen MR) is 76.8 cm³/mol. The summed E-state index contributed by atoms with van der Waals surface area (Å²) >= 11 is 0. The lowest BCUT2D eigenvalue weighted by Gasteiger charge is -2.16. The minimum absolute atomic E-state index is 0.357. The van der Waals surface area contributed by atoms with Crippen molar-refractivity contribution in [1.82, 2.24) is 4.90 Å². The molecule has 1 unspecified atom stereocenters. The van der Waals surface area contributed by atoms with E-state index in [0.717, 1.165) is 37.4 Å². The molecule has 0 bridgehead atoms. The number of benzene rings is 1. The summed E-state index contributed by atoms with van der Waals surface area (Å²) in [6, 6.07) is 5.42. The Labute approximate surface area is 114 Å². The molecule has 1 aliphatic rings. The average Bonchev–Trinajstić information content (AvgIpc) is 2.84. The molecule has 1 aliphatic heterocycles. The molecule has 2 N–H and O–H groups in total. The molecule has 104 valence electrons. The van der Waals surface area contributed by atoms with E-state index in [0.29, 0.717) is 11.5 Å². The molecule has 1 saturated heterocycles. The van der Waals surface area contributed by atoms with Gasteiger partial charge in [-0.3, -0.25) is 0 Å². The van der Waals surface area contributed by atoms with Crippen LogP contribution in [0.25, 0.3) is 0 Å². The first-order valence-corrected chi connectivity index (χ1v) is 6.90. The van der Waals surface area contributed by atoms with Gasteiger partial charge in [-0.2, -0.15) is 0 Å². The first-order valence-electron chi connectivity index (χ1n) is 6.90. The summed E-state index contributed by atoms with van der Waals surface area (Å²) in [5.74, 6) is -0.258. The first-order chi connectivity index (χ1) is 9.10. The van der Waals surface area contributed by atoms with Crippen LogP contribution < -0.4 is 5.32 Å². The molecule has 19 heavy (non-hydrogen) atoms. The van der Waals surface area contributed by atoms with Crippen molar-refractivity contribution in [2.24, 2.45) is 5.92 Å². The Morgan fingerprint density at radius 3 is 2.95 bits per heavy atom. The Bertz CT molecular complexity index is 459. The molecule has 1 heterocycles. The fourth-order valence-corrected chi connectivity index (χ4v) is 2.61. The first kappa shape index (κ1) is 13.9. The Balaban J connectivity index is 1.99. The zero-order chi connectivity index (χ0) is 13.8.